The number of likely N-dealkylation sites (N-methyl/N-ethyl adjacent to an activating group) is 1. The summed E-state index contributed by atoms with van der Waals surface area (Å²) in [7, 11) is 0. The molecule has 2 rings (SSSR count). The molecule has 0 aromatic rings. The number of β-amino-alcohol motifs (C(OH)–C–C–N with tert-alkyl or cyclic N) is 1. The highest BCUT2D eigenvalue weighted by Gasteiger charge is 2.33. The van der Waals surface area contributed by atoms with Gasteiger partial charge in [-0.05, 0) is 39.8 Å². The molecular weight excluding hydrogens is 266 g/mol. The monoisotopic (exact) mass is 297 g/mol. The number of nitrogens with zero attached hydrogens (tertiary/aromatic N) is 3. The SMILES string of the molecule is CCN1CCCCC1C(=O)N1CCN(CC(C)(C)O)CC1. The zero-order valence-electron chi connectivity index (χ0n) is 13.8. The lowest BCUT2D eigenvalue weighted by Crippen LogP contribution is -2.57. The van der Waals surface area contributed by atoms with Crippen molar-refractivity contribution in [2.45, 2.75) is 51.7 Å². The number of hydrogen-bond acceptors (Lipinski definition) is 4. The van der Waals surface area contributed by atoms with Gasteiger partial charge in [-0.2, -0.15) is 0 Å². The molecule has 0 aromatic carbocycles. The van der Waals surface area contributed by atoms with Crippen LogP contribution < -0.4 is 0 Å². The molecular formula is C16H31N3O2. The van der Waals surface area contributed by atoms with E-state index in [0.29, 0.717) is 12.5 Å². The topological polar surface area (TPSA) is 47.0 Å². The number of carbonyl (C=O) groups is 1. The van der Waals surface area contributed by atoms with E-state index < -0.39 is 5.60 Å². The Balaban J connectivity index is 1.85. The van der Waals surface area contributed by atoms with Crippen LogP contribution in [0.1, 0.15) is 40.0 Å². The van der Waals surface area contributed by atoms with E-state index in [9.17, 15) is 9.90 Å². The standard InChI is InChI=1S/C16H31N3O2/c1-4-18-8-6-5-7-14(18)15(20)19-11-9-17(10-12-19)13-16(2,3)21/h14,21H,4-13H2,1-3H3. The molecule has 1 N–H and O–H groups in total. The third-order valence-electron chi connectivity index (χ3n) is 4.60. The fourth-order valence-electron chi connectivity index (χ4n) is 3.53. The summed E-state index contributed by atoms with van der Waals surface area (Å²) in [4.78, 5) is 19.3. The molecule has 2 fully saturated rings. The molecule has 1 amide bonds. The van der Waals surface area contributed by atoms with Crippen LogP contribution in [0.15, 0.2) is 0 Å². The van der Waals surface area contributed by atoms with Crippen LogP contribution >= 0.6 is 0 Å². The molecule has 2 aliphatic rings. The third-order valence-corrected chi connectivity index (χ3v) is 4.60. The summed E-state index contributed by atoms with van der Waals surface area (Å²) in [5, 5.41) is 9.89. The number of hydrogen-bond donors (Lipinski definition) is 1. The Labute approximate surface area is 128 Å². The van der Waals surface area contributed by atoms with Crippen LogP contribution in [-0.2, 0) is 4.79 Å². The number of carbonyl (C=O) groups excluding carboxylic acids is 1. The molecule has 0 bridgehead atoms. The van der Waals surface area contributed by atoms with Gasteiger partial charge >= 0.3 is 0 Å². The van der Waals surface area contributed by atoms with E-state index in [4.69, 9.17) is 0 Å². The highest BCUT2D eigenvalue weighted by Crippen LogP contribution is 2.19. The molecule has 2 saturated heterocycles. The molecule has 0 radical (unpaired) electrons. The average molecular weight is 297 g/mol. The van der Waals surface area contributed by atoms with Gasteiger partial charge in [-0.1, -0.05) is 13.3 Å². The van der Waals surface area contributed by atoms with Crippen LogP contribution in [0.25, 0.3) is 0 Å². The van der Waals surface area contributed by atoms with Gasteiger partial charge < -0.3 is 10.0 Å². The smallest absolute Gasteiger partial charge is 0.240 e. The van der Waals surface area contributed by atoms with Gasteiger partial charge in [0.2, 0.25) is 5.91 Å². The van der Waals surface area contributed by atoms with E-state index in [2.05, 4.69) is 16.7 Å². The van der Waals surface area contributed by atoms with E-state index in [0.717, 1.165) is 45.7 Å². The maximum absolute atomic E-state index is 12.7. The van der Waals surface area contributed by atoms with Crippen molar-refractivity contribution in [3.63, 3.8) is 0 Å². The number of amides is 1. The van der Waals surface area contributed by atoms with Crippen molar-refractivity contribution < 1.29 is 9.90 Å². The lowest BCUT2D eigenvalue weighted by molar-refractivity contribution is -0.140. The molecule has 0 aromatic heterocycles. The van der Waals surface area contributed by atoms with Gasteiger partial charge in [0, 0.05) is 32.7 Å². The summed E-state index contributed by atoms with van der Waals surface area (Å²) >= 11 is 0. The van der Waals surface area contributed by atoms with Gasteiger partial charge in [0.15, 0.2) is 0 Å². The summed E-state index contributed by atoms with van der Waals surface area (Å²) in [6.07, 6.45) is 3.40. The summed E-state index contributed by atoms with van der Waals surface area (Å²) in [5.41, 5.74) is -0.658. The molecule has 21 heavy (non-hydrogen) atoms. The second-order valence-corrected chi connectivity index (χ2v) is 7.05. The first-order valence-corrected chi connectivity index (χ1v) is 8.38. The van der Waals surface area contributed by atoms with Gasteiger partial charge in [-0.15, -0.1) is 0 Å². The Hall–Kier alpha value is -0.650. The molecule has 1 atom stereocenters. The summed E-state index contributed by atoms with van der Waals surface area (Å²) < 4.78 is 0. The van der Waals surface area contributed by atoms with Crippen molar-refractivity contribution in [3.05, 3.63) is 0 Å². The Bertz CT molecular complexity index is 346. The lowest BCUT2D eigenvalue weighted by atomic mass is 10.0. The highest BCUT2D eigenvalue weighted by molar-refractivity contribution is 5.82. The van der Waals surface area contributed by atoms with E-state index in [1.165, 1.54) is 12.8 Å². The van der Waals surface area contributed by atoms with Crippen molar-refractivity contribution >= 4 is 5.91 Å². The number of piperidine rings is 1. The predicted octanol–water partition coefficient (Wildman–Crippen LogP) is 0.776. The Morgan fingerprint density at radius 3 is 2.38 bits per heavy atom. The number of aliphatic hydroxyl groups is 1. The minimum atomic E-state index is -0.658. The number of rotatable bonds is 4. The van der Waals surface area contributed by atoms with E-state index in [1.807, 2.05) is 18.7 Å². The third kappa shape index (κ3) is 4.66. The Morgan fingerprint density at radius 2 is 1.81 bits per heavy atom. The molecule has 2 heterocycles. The zero-order valence-corrected chi connectivity index (χ0v) is 13.8. The van der Waals surface area contributed by atoms with E-state index in [-0.39, 0.29) is 6.04 Å². The first-order valence-electron chi connectivity index (χ1n) is 8.38. The first kappa shape index (κ1) is 16.7. The van der Waals surface area contributed by atoms with Gasteiger partial charge in [0.05, 0.1) is 11.6 Å². The van der Waals surface area contributed by atoms with Gasteiger partial charge in [0.1, 0.15) is 0 Å². The second-order valence-electron chi connectivity index (χ2n) is 7.05. The molecule has 0 saturated carbocycles. The van der Waals surface area contributed by atoms with Crippen LogP contribution in [0.4, 0.5) is 0 Å². The minimum Gasteiger partial charge on any atom is -0.389 e. The summed E-state index contributed by atoms with van der Waals surface area (Å²) in [6.45, 7) is 11.9. The van der Waals surface area contributed by atoms with Crippen LogP contribution in [-0.4, -0.2) is 83.2 Å². The van der Waals surface area contributed by atoms with Crippen molar-refractivity contribution in [1.29, 1.82) is 0 Å². The van der Waals surface area contributed by atoms with Gasteiger partial charge in [-0.25, -0.2) is 0 Å². The molecule has 122 valence electrons. The normalized spacial score (nSPS) is 26.1. The zero-order chi connectivity index (χ0) is 15.5. The fourth-order valence-corrected chi connectivity index (χ4v) is 3.53. The van der Waals surface area contributed by atoms with Crippen molar-refractivity contribution in [2.75, 3.05) is 45.8 Å². The Kier molecular flexibility index (Phi) is 5.63. The van der Waals surface area contributed by atoms with Gasteiger partial charge in [0.25, 0.3) is 0 Å². The quantitative estimate of drug-likeness (QED) is 0.833. The molecule has 5 heteroatoms. The molecule has 5 nitrogen and oxygen atoms in total. The molecule has 0 spiro atoms. The summed E-state index contributed by atoms with van der Waals surface area (Å²) in [5.74, 6) is 0.319. The van der Waals surface area contributed by atoms with Crippen LogP contribution in [0.2, 0.25) is 0 Å². The lowest BCUT2D eigenvalue weighted by Gasteiger charge is -2.41. The predicted molar refractivity (Wildman–Crippen MR) is 84.2 cm³/mol. The maximum atomic E-state index is 12.7. The van der Waals surface area contributed by atoms with Gasteiger partial charge in [-0.3, -0.25) is 14.6 Å². The molecule has 1 unspecified atom stereocenters. The first-order chi connectivity index (χ1) is 9.90. The van der Waals surface area contributed by atoms with Crippen LogP contribution in [0, 0.1) is 0 Å². The number of likely N-dealkylation sites (tertiary alicyclic amines) is 1. The average Bonchev–Trinajstić information content (AvgIpc) is 2.45. The molecule has 2 aliphatic heterocycles. The van der Waals surface area contributed by atoms with E-state index in [1.54, 1.807) is 0 Å². The highest BCUT2D eigenvalue weighted by atomic mass is 16.3. The Morgan fingerprint density at radius 1 is 1.14 bits per heavy atom. The van der Waals surface area contributed by atoms with Crippen molar-refractivity contribution in [2.24, 2.45) is 0 Å². The summed E-state index contributed by atoms with van der Waals surface area (Å²) in [6, 6.07) is 0.101. The van der Waals surface area contributed by atoms with Crippen LogP contribution in [0.3, 0.4) is 0 Å². The van der Waals surface area contributed by atoms with Crippen LogP contribution in [0.5, 0.6) is 0 Å². The minimum absolute atomic E-state index is 0.101. The van der Waals surface area contributed by atoms with Crippen molar-refractivity contribution in [1.82, 2.24) is 14.7 Å². The van der Waals surface area contributed by atoms with Crippen molar-refractivity contribution in [3.8, 4) is 0 Å². The fraction of sp³-hybridized carbons (Fsp3) is 0.938. The largest absolute Gasteiger partial charge is 0.389 e. The molecule has 0 aliphatic carbocycles. The number of piperazine rings is 1. The maximum Gasteiger partial charge on any atom is 0.240 e. The second kappa shape index (κ2) is 7.07. The van der Waals surface area contributed by atoms with E-state index >= 15 is 0 Å².